The average Bonchev–Trinajstić information content (AvgIpc) is 2.86. The molecule has 2 aromatic carbocycles. The second-order valence-corrected chi connectivity index (χ2v) is 9.52. The molecule has 0 heterocycles. The normalized spacial score (nSPS) is 11.9. The molecule has 0 saturated heterocycles. The molecular weight excluding hydrogens is 508 g/mol. The van der Waals surface area contributed by atoms with Gasteiger partial charge >= 0.3 is 18.0 Å². The van der Waals surface area contributed by atoms with Crippen molar-refractivity contribution in [3.8, 4) is 5.75 Å². The molecule has 0 bridgehead atoms. The van der Waals surface area contributed by atoms with Crippen LogP contribution in [0.5, 0.6) is 5.75 Å². The Balaban J connectivity index is 2.06. The number of Topliss-reactive ketones (excluding diaryl/α,β-unsaturated/α-hetero) is 2. The fourth-order valence-corrected chi connectivity index (χ4v) is 3.32. The molecule has 39 heavy (non-hydrogen) atoms. The summed E-state index contributed by atoms with van der Waals surface area (Å²) in [7, 11) is 0. The van der Waals surface area contributed by atoms with Crippen LogP contribution in [0.25, 0.3) is 0 Å². The second-order valence-electron chi connectivity index (χ2n) is 9.52. The van der Waals surface area contributed by atoms with Gasteiger partial charge in [-0.05, 0) is 57.0 Å². The number of nitrogens with zero attached hydrogens (tertiary/aromatic N) is 1. The molecule has 208 valence electrons. The highest BCUT2D eigenvalue weighted by atomic mass is 16.6. The number of ketones is 2. The van der Waals surface area contributed by atoms with E-state index in [-0.39, 0.29) is 36.8 Å². The third-order valence-electron chi connectivity index (χ3n) is 5.08. The van der Waals surface area contributed by atoms with Gasteiger partial charge in [0, 0.05) is 30.4 Å². The van der Waals surface area contributed by atoms with Crippen LogP contribution < -0.4 is 10.2 Å². The predicted octanol–water partition coefficient (Wildman–Crippen LogP) is 4.03. The molecule has 0 aliphatic carbocycles. The molecule has 1 unspecified atom stereocenters. The number of benzene rings is 2. The van der Waals surface area contributed by atoms with Crippen molar-refractivity contribution >= 4 is 35.8 Å². The molecular formula is C28H32N2O9. The van der Waals surface area contributed by atoms with E-state index in [4.69, 9.17) is 19.3 Å². The molecule has 1 amide bonds. The molecule has 0 aromatic heterocycles. The highest BCUT2D eigenvalue weighted by Crippen LogP contribution is 2.22. The minimum Gasteiger partial charge on any atom is -0.482 e. The number of hydrogen-bond acceptors (Lipinski definition) is 9. The van der Waals surface area contributed by atoms with E-state index in [0.29, 0.717) is 16.7 Å². The lowest BCUT2D eigenvalue weighted by Gasteiger charge is -2.18. The van der Waals surface area contributed by atoms with Crippen molar-refractivity contribution in [1.29, 1.82) is 0 Å². The van der Waals surface area contributed by atoms with Crippen molar-refractivity contribution < 1.29 is 43.3 Å². The van der Waals surface area contributed by atoms with E-state index in [1.54, 1.807) is 45.0 Å². The van der Waals surface area contributed by atoms with Crippen molar-refractivity contribution in [3.05, 3.63) is 65.2 Å². The lowest BCUT2D eigenvalue weighted by Crippen LogP contribution is -2.29. The molecule has 0 radical (unpaired) electrons. The number of esters is 1. The van der Waals surface area contributed by atoms with Gasteiger partial charge in [0.25, 0.3) is 0 Å². The Labute approximate surface area is 226 Å². The topological polar surface area (TPSA) is 158 Å². The fraction of sp³-hybridized carbons (Fsp3) is 0.357. The van der Waals surface area contributed by atoms with E-state index >= 15 is 0 Å². The first-order valence-electron chi connectivity index (χ1n) is 12.1. The fourth-order valence-electron chi connectivity index (χ4n) is 3.32. The van der Waals surface area contributed by atoms with E-state index in [0.717, 1.165) is 0 Å². The van der Waals surface area contributed by atoms with Gasteiger partial charge in [-0.1, -0.05) is 24.3 Å². The molecule has 11 nitrogen and oxygen atoms in total. The Kier molecular flexibility index (Phi) is 11.3. The number of carboxylic acids is 1. The molecule has 0 aliphatic heterocycles. The number of carbonyl (C=O) groups is 5. The third kappa shape index (κ3) is 11.6. The van der Waals surface area contributed by atoms with Gasteiger partial charge in [0.2, 0.25) is 0 Å². The standard InChI is InChI=1S/C28H32N2O9/c1-18(31)37-14-13-22(26(35)21-9-11-23(12-10-21)38-17-25(33)34)15-24(32)20-7-5-19(6-8-20)16-29-30-27(36)39-28(2,3)4/h5-12,16,22H,13-15,17H2,1-4H3,(H,30,36)(H,33,34). The molecule has 0 fully saturated rings. The van der Waals surface area contributed by atoms with Crippen molar-refractivity contribution in [2.75, 3.05) is 13.2 Å². The van der Waals surface area contributed by atoms with Crippen molar-refractivity contribution in [2.45, 2.75) is 46.1 Å². The second kappa shape index (κ2) is 14.4. The number of amides is 1. The van der Waals surface area contributed by atoms with Gasteiger partial charge in [0.15, 0.2) is 18.2 Å². The maximum atomic E-state index is 13.2. The summed E-state index contributed by atoms with van der Waals surface area (Å²) in [5, 5.41) is 12.5. The Hall–Kier alpha value is -4.54. The first kappa shape index (κ1) is 30.7. The highest BCUT2D eigenvalue weighted by Gasteiger charge is 2.24. The summed E-state index contributed by atoms with van der Waals surface area (Å²) in [5.41, 5.74) is 2.90. The van der Waals surface area contributed by atoms with Crippen LogP contribution in [0.1, 0.15) is 66.8 Å². The molecule has 2 rings (SSSR count). The maximum absolute atomic E-state index is 13.2. The molecule has 0 aliphatic rings. The number of aliphatic carboxylic acids is 1. The van der Waals surface area contributed by atoms with Gasteiger partial charge in [-0.25, -0.2) is 15.0 Å². The van der Waals surface area contributed by atoms with Crippen molar-refractivity contribution in [2.24, 2.45) is 11.0 Å². The van der Waals surface area contributed by atoms with E-state index in [1.807, 2.05) is 0 Å². The summed E-state index contributed by atoms with van der Waals surface area (Å²) in [5.74, 6) is -2.71. The molecule has 0 spiro atoms. The number of carbonyl (C=O) groups excluding carboxylic acids is 4. The van der Waals surface area contributed by atoms with Gasteiger partial charge in [0.1, 0.15) is 11.4 Å². The Morgan fingerprint density at radius 3 is 2.15 bits per heavy atom. The van der Waals surface area contributed by atoms with Crippen LogP contribution in [0.4, 0.5) is 4.79 Å². The van der Waals surface area contributed by atoms with E-state index in [1.165, 1.54) is 37.4 Å². The Morgan fingerprint density at radius 2 is 1.59 bits per heavy atom. The summed E-state index contributed by atoms with van der Waals surface area (Å²) in [6.07, 6.45) is 0.721. The zero-order valence-electron chi connectivity index (χ0n) is 22.3. The Morgan fingerprint density at radius 1 is 0.974 bits per heavy atom. The zero-order valence-corrected chi connectivity index (χ0v) is 22.3. The summed E-state index contributed by atoms with van der Waals surface area (Å²) < 4.78 is 15.2. The van der Waals surface area contributed by atoms with Crippen molar-refractivity contribution in [1.82, 2.24) is 5.43 Å². The van der Waals surface area contributed by atoms with Gasteiger partial charge in [-0.15, -0.1) is 0 Å². The number of hydrazone groups is 1. The van der Waals surface area contributed by atoms with Crippen LogP contribution in [-0.4, -0.2) is 59.7 Å². The lowest BCUT2D eigenvalue weighted by atomic mass is 9.88. The minimum atomic E-state index is -1.13. The number of rotatable bonds is 13. The number of carboxylic acid groups (broad SMARTS) is 1. The summed E-state index contributed by atoms with van der Waals surface area (Å²) in [4.78, 5) is 59.7. The summed E-state index contributed by atoms with van der Waals surface area (Å²) in [6.45, 7) is 5.91. The molecule has 11 heteroatoms. The number of hydrogen-bond donors (Lipinski definition) is 2. The van der Waals surface area contributed by atoms with Gasteiger partial charge in [-0.2, -0.15) is 5.10 Å². The molecule has 2 aromatic rings. The van der Waals surface area contributed by atoms with Gasteiger partial charge in [-0.3, -0.25) is 14.4 Å². The van der Waals surface area contributed by atoms with Crippen LogP contribution in [0.2, 0.25) is 0 Å². The molecule has 1 atom stereocenters. The van der Waals surface area contributed by atoms with Gasteiger partial charge in [0.05, 0.1) is 12.8 Å². The Bertz CT molecular complexity index is 1200. The minimum absolute atomic E-state index is 0.0289. The van der Waals surface area contributed by atoms with Crippen LogP contribution in [0.15, 0.2) is 53.6 Å². The van der Waals surface area contributed by atoms with E-state index in [9.17, 15) is 24.0 Å². The summed E-state index contributed by atoms with van der Waals surface area (Å²) in [6, 6.07) is 12.4. The molecule has 2 N–H and O–H groups in total. The quantitative estimate of drug-likeness (QED) is 0.166. The van der Waals surface area contributed by atoms with Crippen LogP contribution in [0.3, 0.4) is 0 Å². The molecule has 0 saturated carbocycles. The number of ether oxygens (including phenoxy) is 3. The van der Waals surface area contributed by atoms with Crippen molar-refractivity contribution in [3.63, 3.8) is 0 Å². The monoisotopic (exact) mass is 540 g/mol. The SMILES string of the molecule is CC(=O)OCCC(CC(=O)c1ccc(C=NNC(=O)OC(C)(C)C)cc1)C(=O)c1ccc(OCC(=O)O)cc1. The predicted molar refractivity (Wildman–Crippen MR) is 141 cm³/mol. The van der Waals surface area contributed by atoms with E-state index in [2.05, 4.69) is 10.5 Å². The smallest absolute Gasteiger partial charge is 0.428 e. The zero-order chi connectivity index (χ0) is 29.0. The number of nitrogens with one attached hydrogen (secondary N) is 1. The van der Waals surface area contributed by atoms with E-state index < -0.39 is 36.2 Å². The average molecular weight is 541 g/mol. The summed E-state index contributed by atoms with van der Waals surface area (Å²) >= 11 is 0. The van der Waals surface area contributed by atoms with Crippen LogP contribution >= 0.6 is 0 Å². The highest BCUT2D eigenvalue weighted by molar-refractivity contribution is 6.03. The third-order valence-corrected chi connectivity index (χ3v) is 5.08. The van der Waals surface area contributed by atoms with Crippen LogP contribution in [-0.2, 0) is 19.1 Å². The first-order chi connectivity index (χ1) is 18.3. The largest absolute Gasteiger partial charge is 0.482 e. The first-order valence-corrected chi connectivity index (χ1v) is 12.1. The maximum Gasteiger partial charge on any atom is 0.428 e. The van der Waals surface area contributed by atoms with Gasteiger partial charge < -0.3 is 19.3 Å². The van der Waals surface area contributed by atoms with Crippen LogP contribution in [0, 0.1) is 5.92 Å². The lowest BCUT2D eigenvalue weighted by molar-refractivity contribution is -0.141.